The minimum Gasteiger partial charge on any atom is -0.454 e. The van der Waals surface area contributed by atoms with Gasteiger partial charge < -0.3 is 19.7 Å². The molecule has 0 unspecified atom stereocenters. The topological polar surface area (TPSA) is 71.1 Å². The first kappa shape index (κ1) is 18.2. The molecule has 4 rings (SSSR count). The Morgan fingerprint density at radius 3 is 2.71 bits per heavy atom. The number of benzene rings is 2. The highest BCUT2D eigenvalue weighted by Gasteiger charge is 2.31. The lowest BCUT2D eigenvalue weighted by molar-refractivity contribution is -0.121. The number of fused-ring (bicyclic) bond motifs is 1. The standard InChI is InChI=1S/C21H23N3O4/c25-20(22-10-4-7-16-5-2-1-3-6-16)14-23-11-12-24(21(23)26)17-8-9-18-19(13-17)28-15-27-18/h1-3,5-6,8-9,13H,4,7,10-12,14-15H2,(H,22,25). The molecule has 0 spiro atoms. The van der Waals surface area contributed by atoms with Crippen LogP contribution in [0.2, 0.25) is 0 Å². The highest BCUT2D eigenvalue weighted by Crippen LogP contribution is 2.36. The molecular weight excluding hydrogens is 358 g/mol. The summed E-state index contributed by atoms with van der Waals surface area (Å²) in [4.78, 5) is 28.1. The molecule has 2 aliphatic heterocycles. The summed E-state index contributed by atoms with van der Waals surface area (Å²) in [5, 5.41) is 2.90. The summed E-state index contributed by atoms with van der Waals surface area (Å²) in [6.07, 6.45) is 1.79. The van der Waals surface area contributed by atoms with Crippen LogP contribution in [-0.4, -0.2) is 49.8 Å². The number of amides is 3. The maximum atomic E-state index is 12.7. The van der Waals surface area contributed by atoms with Crippen molar-refractivity contribution in [3.8, 4) is 11.5 Å². The molecule has 3 amide bonds. The number of nitrogens with zero attached hydrogens (tertiary/aromatic N) is 2. The quantitative estimate of drug-likeness (QED) is 0.748. The van der Waals surface area contributed by atoms with Crippen molar-refractivity contribution in [1.82, 2.24) is 10.2 Å². The van der Waals surface area contributed by atoms with Crippen molar-refractivity contribution >= 4 is 17.6 Å². The van der Waals surface area contributed by atoms with Gasteiger partial charge in [0.1, 0.15) is 6.54 Å². The Morgan fingerprint density at radius 1 is 1.04 bits per heavy atom. The second kappa shape index (κ2) is 8.21. The number of rotatable bonds is 7. The maximum Gasteiger partial charge on any atom is 0.325 e. The number of carbonyl (C=O) groups is 2. The Hall–Kier alpha value is -3.22. The van der Waals surface area contributed by atoms with Crippen LogP contribution in [0.15, 0.2) is 48.5 Å². The summed E-state index contributed by atoms with van der Waals surface area (Å²) in [7, 11) is 0. The molecule has 7 nitrogen and oxygen atoms in total. The molecular formula is C21H23N3O4. The highest BCUT2D eigenvalue weighted by atomic mass is 16.7. The second-order valence-corrected chi connectivity index (χ2v) is 6.83. The van der Waals surface area contributed by atoms with Crippen molar-refractivity contribution < 1.29 is 19.1 Å². The van der Waals surface area contributed by atoms with Gasteiger partial charge in [-0.25, -0.2) is 4.79 Å². The fourth-order valence-electron chi connectivity index (χ4n) is 3.42. The van der Waals surface area contributed by atoms with Crippen LogP contribution in [0, 0.1) is 0 Å². The molecule has 1 N–H and O–H groups in total. The summed E-state index contributed by atoms with van der Waals surface area (Å²) in [5.74, 6) is 1.19. The minimum absolute atomic E-state index is 0.0746. The van der Waals surface area contributed by atoms with E-state index in [0.717, 1.165) is 18.5 Å². The van der Waals surface area contributed by atoms with Crippen molar-refractivity contribution in [2.24, 2.45) is 0 Å². The summed E-state index contributed by atoms with van der Waals surface area (Å²) in [6, 6.07) is 15.4. The van der Waals surface area contributed by atoms with E-state index in [1.807, 2.05) is 24.3 Å². The first-order valence-electron chi connectivity index (χ1n) is 9.47. The molecule has 2 heterocycles. The molecule has 2 aromatic carbocycles. The number of urea groups is 1. The average Bonchev–Trinajstić information content (AvgIpc) is 3.32. The van der Waals surface area contributed by atoms with Crippen molar-refractivity contribution in [3.63, 3.8) is 0 Å². The molecule has 0 aromatic heterocycles. The molecule has 146 valence electrons. The largest absolute Gasteiger partial charge is 0.454 e. The van der Waals surface area contributed by atoms with Crippen LogP contribution in [0.5, 0.6) is 11.5 Å². The molecule has 1 fully saturated rings. The van der Waals surface area contributed by atoms with Gasteiger partial charge in [0.2, 0.25) is 12.7 Å². The van der Waals surface area contributed by atoms with Crippen molar-refractivity contribution in [2.45, 2.75) is 12.8 Å². The van der Waals surface area contributed by atoms with Crippen LogP contribution in [0.4, 0.5) is 10.5 Å². The lowest BCUT2D eigenvalue weighted by atomic mass is 10.1. The van der Waals surface area contributed by atoms with Crippen molar-refractivity contribution in [3.05, 3.63) is 54.1 Å². The van der Waals surface area contributed by atoms with Gasteiger partial charge in [-0.1, -0.05) is 30.3 Å². The first-order valence-corrected chi connectivity index (χ1v) is 9.47. The molecule has 2 aromatic rings. The third kappa shape index (κ3) is 4.03. The maximum absolute atomic E-state index is 12.7. The second-order valence-electron chi connectivity index (χ2n) is 6.83. The van der Waals surface area contributed by atoms with Gasteiger partial charge in [-0.05, 0) is 30.5 Å². The number of anilines is 1. The zero-order valence-corrected chi connectivity index (χ0v) is 15.6. The van der Waals surface area contributed by atoms with E-state index < -0.39 is 0 Å². The number of aryl methyl sites for hydroxylation is 1. The lowest BCUT2D eigenvalue weighted by Crippen LogP contribution is -2.40. The Morgan fingerprint density at radius 2 is 1.86 bits per heavy atom. The van der Waals surface area contributed by atoms with E-state index in [4.69, 9.17) is 9.47 Å². The predicted octanol–water partition coefficient (Wildman–Crippen LogP) is 2.41. The van der Waals surface area contributed by atoms with Gasteiger partial charge in [-0.15, -0.1) is 0 Å². The van der Waals surface area contributed by atoms with Crippen LogP contribution in [-0.2, 0) is 11.2 Å². The smallest absolute Gasteiger partial charge is 0.325 e. The van der Waals surface area contributed by atoms with Gasteiger partial charge in [0.05, 0.1) is 0 Å². The number of hydrogen-bond donors (Lipinski definition) is 1. The number of nitrogens with one attached hydrogen (secondary N) is 1. The minimum atomic E-state index is -0.168. The Bertz CT molecular complexity index is 856. The molecule has 28 heavy (non-hydrogen) atoms. The van der Waals surface area contributed by atoms with Gasteiger partial charge in [0.15, 0.2) is 11.5 Å². The molecule has 0 aliphatic carbocycles. The molecule has 0 saturated carbocycles. The van der Waals surface area contributed by atoms with Crippen molar-refractivity contribution in [2.75, 3.05) is 37.9 Å². The summed E-state index contributed by atoms with van der Waals surface area (Å²) in [5.41, 5.74) is 2.01. The number of carbonyl (C=O) groups excluding carboxylic acids is 2. The van der Waals surface area contributed by atoms with Gasteiger partial charge in [0.25, 0.3) is 0 Å². The van der Waals surface area contributed by atoms with Gasteiger partial charge in [-0.3, -0.25) is 9.69 Å². The predicted molar refractivity (Wildman–Crippen MR) is 105 cm³/mol. The average molecular weight is 381 g/mol. The molecule has 2 aliphatic rings. The van der Waals surface area contributed by atoms with Crippen LogP contribution in [0.1, 0.15) is 12.0 Å². The number of hydrogen-bond acceptors (Lipinski definition) is 4. The van der Waals surface area contributed by atoms with Gasteiger partial charge in [0, 0.05) is 31.4 Å². The van der Waals surface area contributed by atoms with E-state index in [0.29, 0.717) is 31.1 Å². The van der Waals surface area contributed by atoms with E-state index in [1.165, 1.54) is 5.56 Å². The van der Waals surface area contributed by atoms with E-state index in [9.17, 15) is 9.59 Å². The van der Waals surface area contributed by atoms with E-state index in [-0.39, 0.29) is 25.3 Å². The molecule has 7 heteroatoms. The Kier molecular flexibility index (Phi) is 5.32. The fraction of sp³-hybridized carbons (Fsp3) is 0.333. The summed E-state index contributed by atoms with van der Waals surface area (Å²) >= 11 is 0. The first-order chi connectivity index (χ1) is 13.7. The summed E-state index contributed by atoms with van der Waals surface area (Å²) in [6.45, 7) is 1.93. The molecule has 0 radical (unpaired) electrons. The summed E-state index contributed by atoms with van der Waals surface area (Å²) < 4.78 is 10.7. The van der Waals surface area contributed by atoms with Crippen LogP contribution in [0.25, 0.3) is 0 Å². The molecule has 1 saturated heterocycles. The van der Waals surface area contributed by atoms with Crippen molar-refractivity contribution in [1.29, 1.82) is 0 Å². The lowest BCUT2D eigenvalue weighted by Gasteiger charge is -2.18. The fourth-order valence-corrected chi connectivity index (χ4v) is 3.42. The Labute approximate surface area is 163 Å². The van der Waals surface area contributed by atoms with Gasteiger partial charge >= 0.3 is 6.03 Å². The monoisotopic (exact) mass is 381 g/mol. The van der Waals surface area contributed by atoms with E-state index in [2.05, 4.69) is 17.4 Å². The molecule has 0 bridgehead atoms. The van der Waals surface area contributed by atoms with Gasteiger partial charge in [-0.2, -0.15) is 0 Å². The highest BCUT2D eigenvalue weighted by molar-refractivity contribution is 5.96. The van der Waals surface area contributed by atoms with Crippen LogP contribution in [0.3, 0.4) is 0 Å². The number of ether oxygens (including phenoxy) is 2. The van der Waals surface area contributed by atoms with Crippen LogP contribution < -0.4 is 19.7 Å². The SMILES string of the molecule is O=C(CN1CCN(c2ccc3c(c2)OCO3)C1=O)NCCCc1ccccc1. The Balaban J connectivity index is 1.24. The van der Waals surface area contributed by atoms with Crippen LogP contribution >= 0.6 is 0 Å². The third-order valence-corrected chi connectivity index (χ3v) is 4.90. The third-order valence-electron chi connectivity index (χ3n) is 4.90. The molecule has 0 atom stereocenters. The zero-order valence-electron chi connectivity index (χ0n) is 15.6. The van der Waals surface area contributed by atoms with E-state index in [1.54, 1.807) is 21.9 Å². The normalized spacial score (nSPS) is 15.2. The van der Waals surface area contributed by atoms with E-state index >= 15 is 0 Å². The zero-order chi connectivity index (χ0) is 19.3.